The molecule has 110 valence electrons. The molecule has 0 amide bonds. The van der Waals surface area contributed by atoms with Gasteiger partial charge in [-0.2, -0.15) is 0 Å². The summed E-state index contributed by atoms with van der Waals surface area (Å²) in [7, 11) is -3.25. The van der Waals surface area contributed by atoms with Crippen molar-refractivity contribution < 1.29 is 8.42 Å². The Morgan fingerprint density at radius 1 is 1.11 bits per heavy atom. The Morgan fingerprint density at radius 2 is 1.63 bits per heavy atom. The highest BCUT2D eigenvalue weighted by molar-refractivity contribution is 7.96. The van der Waals surface area contributed by atoms with E-state index in [2.05, 4.69) is 6.58 Å². The van der Waals surface area contributed by atoms with Crippen LogP contribution in [0.4, 0.5) is 0 Å². The maximum atomic E-state index is 12.4. The van der Waals surface area contributed by atoms with Crippen molar-refractivity contribution in [1.29, 1.82) is 0 Å². The second-order valence-corrected chi connectivity index (χ2v) is 7.04. The van der Waals surface area contributed by atoms with Gasteiger partial charge in [0.2, 0.25) is 0 Å². The number of rotatable bonds is 9. The SMILES string of the molecule is C=C(/C=C\C(=C/C)CC)S(=O)(=O)C(CCC)CCC. The molecule has 0 unspecified atom stereocenters. The minimum atomic E-state index is -3.25. The average molecular weight is 284 g/mol. The number of sulfone groups is 1. The van der Waals surface area contributed by atoms with Crippen molar-refractivity contribution in [2.45, 2.75) is 65.0 Å². The molecule has 2 nitrogen and oxygen atoms in total. The van der Waals surface area contributed by atoms with Gasteiger partial charge in [0, 0.05) is 0 Å². The molecule has 0 saturated heterocycles. The Balaban J connectivity index is 5.02. The van der Waals surface area contributed by atoms with Crippen LogP contribution < -0.4 is 0 Å². The van der Waals surface area contributed by atoms with Gasteiger partial charge in [0.1, 0.15) is 0 Å². The molecule has 0 radical (unpaired) electrons. The monoisotopic (exact) mass is 284 g/mol. The Morgan fingerprint density at radius 3 is 2.00 bits per heavy atom. The lowest BCUT2D eigenvalue weighted by Gasteiger charge is -2.16. The molecule has 0 atom stereocenters. The van der Waals surface area contributed by atoms with Crippen molar-refractivity contribution in [3.8, 4) is 0 Å². The standard InChI is InChI=1S/C16H28O2S/c1-6-10-16(11-7-2)19(17,18)14(5)12-13-15(8-3)9-4/h8,12-13,16H,5-7,9-11H2,1-4H3/b13-12-,15-8-. The summed E-state index contributed by atoms with van der Waals surface area (Å²) in [6.07, 6.45) is 9.59. The average Bonchev–Trinajstić information content (AvgIpc) is 2.39. The fourth-order valence-corrected chi connectivity index (χ4v) is 3.80. The van der Waals surface area contributed by atoms with Crippen molar-refractivity contribution >= 4 is 9.84 Å². The number of hydrogen-bond acceptors (Lipinski definition) is 2. The summed E-state index contributed by atoms with van der Waals surface area (Å²) in [6.45, 7) is 11.8. The van der Waals surface area contributed by atoms with Crippen molar-refractivity contribution in [2.24, 2.45) is 0 Å². The van der Waals surface area contributed by atoms with Gasteiger partial charge in [0.15, 0.2) is 9.84 Å². The molecule has 0 aromatic heterocycles. The van der Waals surface area contributed by atoms with Crippen molar-refractivity contribution in [2.75, 3.05) is 0 Å². The third-order valence-electron chi connectivity index (χ3n) is 3.29. The highest BCUT2D eigenvalue weighted by Crippen LogP contribution is 2.22. The summed E-state index contributed by atoms with van der Waals surface area (Å²) in [5.74, 6) is 0. The van der Waals surface area contributed by atoms with Gasteiger partial charge < -0.3 is 0 Å². The van der Waals surface area contributed by atoms with E-state index in [1.807, 2.05) is 39.8 Å². The number of hydrogen-bond donors (Lipinski definition) is 0. The van der Waals surface area contributed by atoms with Crippen LogP contribution in [-0.4, -0.2) is 13.7 Å². The first-order valence-corrected chi connectivity index (χ1v) is 8.74. The normalized spacial score (nSPS) is 13.4. The quantitative estimate of drug-likeness (QED) is 0.570. The van der Waals surface area contributed by atoms with E-state index < -0.39 is 9.84 Å². The fourth-order valence-electron chi connectivity index (χ4n) is 2.03. The molecular weight excluding hydrogens is 256 g/mol. The van der Waals surface area contributed by atoms with Crippen LogP contribution in [-0.2, 0) is 9.84 Å². The van der Waals surface area contributed by atoms with Gasteiger partial charge in [0.05, 0.1) is 10.2 Å². The summed E-state index contributed by atoms with van der Waals surface area (Å²) in [5, 5.41) is -0.282. The third kappa shape index (κ3) is 5.77. The lowest BCUT2D eigenvalue weighted by Crippen LogP contribution is -2.21. The van der Waals surface area contributed by atoms with Gasteiger partial charge in [-0.05, 0) is 32.3 Å². The first-order valence-electron chi connectivity index (χ1n) is 7.19. The summed E-state index contributed by atoms with van der Waals surface area (Å²) >= 11 is 0. The molecule has 0 rings (SSSR count). The first-order chi connectivity index (χ1) is 8.93. The molecule has 0 aliphatic rings. The Labute approximate surface area is 119 Å². The Kier molecular flexibility index (Phi) is 8.73. The summed E-state index contributed by atoms with van der Waals surface area (Å²) in [4.78, 5) is 0.243. The molecule has 0 spiro atoms. The van der Waals surface area contributed by atoms with E-state index in [0.717, 1.165) is 24.8 Å². The maximum Gasteiger partial charge on any atom is 0.180 e. The minimum Gasteiger partial charge on any atom is -0.223 e. The van der Waals surface area contributed by atoms with Crippen LogP contribution in [0.25, 0.3) is 0 Å². The van der Waals surface area contributed by atoms with Crippen molar-refractivity contribution in [3.05, 3.63) is 35.3 Å². The van der Waals surface area contributed by atoms with Crippen LogP contribution in [0.1, 0.15) is 59.8 Å². The number of allylic oxidation sites excluding steroid dienone is 4. The van der Waals surface area contributed by atoms with Gasteiger partial charge in [-0.15, -0.1) is 0 Å². The van der Waals surface area contributed by atoms with E-state index in [4.69, 9.17) is 0 Å². The maximum absolute atomic E-state index is 12.4. The first kappa shape index (κ1) is 18.2. The van der Waals surface area contributed by atoms with Crippen molar-refractivity contribution in [1.82, 2.24) is 0 Å². The summed E-state index contributed by atoms with van der Waals surface area (Å²) < 4.78 is 24.9. The molecule has 0 heterocycles. The highest BCUT2D eigenvalue weighted by atomic mass is 32.2. The van der Waals surface area contributed by atoms with Gasteiger partial charge in [-0.1, -0.05) is 57.9 Å². The van der Waals surface area contributed by atoms with E-state index >= 15 is 0 Å². The molecule has 0 aliphatic heterocycles. The second-order valence-electron chi connectivity index (χ2n) is 4.76. The summed E-state index contributed by atoms with van der Waals surface area (Å²) in [6, 6.07) is 0. The van der Waals surface area contributed by atoms with Gasteiger partial charge in [-0.25, -0.2) is 8.42 Å². The molecule has 0 fully saturated rings. The van der Waals surface area contributed by atoms with Gasteiger partial charge in [-0.3, -0.25) is 0 Å². The van der Waals surface area contributed by atoms with Crippen LogP contribution >= 0.6 is 0 Å². The predicted molar refractivity (Wildman–Crippen MR) is 84.9 cm³/mol. The topological polar surface area (TPSA) is 34.1 Å². The molecule has 19 heavy (non-hydrogen) atoms. The van der Waals surface area contributed by atoms with E-state index in [9.17, 15) is 8.42 Å². The van der Waals surface area contributed by atoms with Gasteiger partial charge in [0.25, 0.3) is 0 Å². The van der Waals surface area contributed by atoms with E-state index in [-0.39, 0.29) is 10.2 Å². The molecule has 0 aromatic rings. The molecule has 0 aliphatic carbocycles. The van der Waals surface area contributed by atoms with E-state index in [1.54, 1.807) is 6.08 Å². The predicted octanol–water partition coefficient (Wildman–Crippen LogP) is 4.80. The minimum absolute atomic E-state index is 0.243. The molecular formula is C16H28O2S. The van der Waals surface area contributed by atoms with Crippen LogP contribution in [0.3, 0.4) is 0 Å². The van der Waals surface area contributed by atoms with Crippen LogP contribution in [0, 0.1) is 0 Å². The molecule has 0 N–H and O–H groups in total. The van der Waals surface area contributed by atoms with E-state index in [1.165, 1.54) is 0 Å². The smallest absolute Gasteiger partial charge is 0.180 e. The lowest BCUT2D eigenvalue weighted by molar-refractivity contribution is 0.561. The lowest BCUT2D eigenvalue weighted by atomic mass is 10.2. The second kappa shape index (κ2) is 9.13. The van der Waals surface area contributed by atoms with Crippen molar-refractivity contribution in [3.63, 3.8) is 0 Å². The molecule has 0 saturated carbocycles. The van der Waals surface area contributed by atoms with Crippen LogP contribution in [0.2, 0.25) is 0 Å². The van der Waals surface area contributed by atoms with Crippen LogP contribution in [0.5, 0.6) is 0 Å². The molecule has 3 heteroatoms. The zero-order valence-corrected chi connectivity index (χ0v) is 13.6. The Bertz CT molecular complexity index is 422. The molecule has 0 aromatic carbocycles. The van der Waals surface area contributed by atoms with E-state index in [0.29, 0.717) is 12.8 Å². The molecule has 0 bridgehead atoms. The third-order valence-corrected chi connectivity index (χ3v) is 5.50. The van der Waals surface area contributed by atoms with Gasteiger partial charge >= 0.3 is 0 Å². The zero-order chi connectivity index (χ0) is 14.9. The summed E-state index contributed by atoms with van der Waals surface area (Å²) in [5.41, 5.74) is 1.12. The van der Waals surface area contributed by atoms with Crippen LogP contribution in [0.15, 0.2) is 35.3 Å². The fraction of sp³-hybridized carbons (Fsp3) is 0.625. The largest absolute Gasteiger partial charge is 0.223 e. The highest BCUT2D eigenvalue weighted by Gasteiger charge is 2.25. The Hall–Kier alpha value is -0.830. The zero-order valence-electron chi connectivity index (χ0n) is 12.8.